The molecule has 5 heteroatoms. The van der Waals surface area contributed by atoms with E-state index in [4.69, 9.17) is 10.7 Å². The van der Waals surface area contributed by atoms with Crippen LogP contribution in [0.15, 0.2) is 22.5 Å². The molecule has 1 saturated carbocycles. The highest BCUT2D eigenvalue weighted by Gasteiger charge is 2.36. The number of aromatic nitrogens is 1. The topological polar surface area (TPSA) is 59.1 Å². The van der Waals surface area contributed by atoms with Gasteiger partial charge in [0.2, 0.25) is 0 Å². The number of aryl methyl sites for hydroxylation is 2. The van der Waals surface area contributed by atoms with Crippen molar-refractivity contribution in [1.29, 1.82) is 0 Å². The number of hydrogen-bond donors (Lipinski definition) is 2. The highest BCUT2D eigenvalue weighted by molar-refractivity contribution is 8.01. The molecule has 1 aromatic carbocycles. The van der Waals surface area contributed by atoms with Crippen molar-refractivity contribution in [2.24, 2.45) is 5.73 Å². The van der Waals surface area contributed by atoms with E-state index in [0.29, 0.717) is 5.92 Å². The van der Waals surface area contributed by atoms with E-state index in [1.54, 1.807) is 0 Å². The van der Waals surface area contributed by atoms with Crippen molar-refractivity contribution < 1.29 is 5.11 Å². The molecule has 0 bridgehead atoms. The molecule has 0 spiro atoms. The van der Waals surface area contributed by atoms with Gasteiger partial charge in [0.1, 0.15) is 0 Å². The number of nitrogens with two attached hydrogens (primary N) is 1. The van der Waals surface area contributed by atoms with Crippen LogP contribution < -0.4 is 5.73 Å². The summed E-state index contributed by atoms with van der Waals surface area (Å²) in [5.41, 5.74) is 11.5. The molecule has 0 amide bonds. The first-order chi connectivity index (χ1) is 13.1. The van der Waals surface area contributed by atoms with E-state index in [1.165, 1.54) is 56.6 Å². The standard InChI is InChI=1S/C22H30N2OS2/c1-2-3-4-11-26-21-24-19-8-6-16-12-15(5-7-18(16)20(19)27-21)17-9-10-22(23,13-17)14-25/h5,7,12,17,25H,2-4,6,8-11,13-14,23H2,1H3/t17-,22+/m0/s1. The third-order valence-electron chi connectivity index (χ3n) is 6.09. The van der Waals surface area contributed by atoms with Gasteiger partial charge in [-0.05, 0) is 61.1 Å². The van der Waals surface area contributed by atoms with Crippen molar-refractivity contribution in [3.05, 3.63) is 35.0 Å². The molecule has 0 aliphatic heterocycles. The van der Waals surface area contributed by atoms with E-state index in [1.807, 2.05) is 23.1 Å². The van der Waals surface area contributed by atoms with E-state index in [9.17, 15) is 5.11 Å². The van der Waals surface area contributed by atoms with Crippen molar-refractivity contribution in [2.75, 3.05) is 12.4 Å². The summed E-state index contributed by atoms with van der Waals surface area (Å²) < 4.78 is 1.24. The second kappa shape index (κ2) is 8.24. The van der Waals surface area contributed by atoms with Crippen LogP contribution in [0.1, 0.15) is 68.2 Å². The Bertz CT molecular complexity index is 804. The Kier molecular flexibility index (Phi) is 5.93. The number of unbranched alkanes of at least 4 members (excludes halogenated alkanes) is 2. The number of rotatable bonds is 7. The maximum Gasteiger partial charge on any atom is 0.150 e. The van der Waals surface area contributed by atoms with Crippen molar-refractivity contribution in [1.82, 2.24) is 4.98 Å². The summed E-state index contributed by atoms with van der Waals surface area (Å²) in [7, 11) is 0. The van der Waals surface area contributed by atoms with Gasteiger partial charge in [-0.25, -0.2) is 4.98 Å². The van der Waals surface area contributed by atoms with Crippen LogP contribution in [0.4, 0.5) is 0 Å². The van der Waals surface area contributed by atoms with Crippen LogP contribution in [0.5, 0.6) is 0 Å². The number of thioether (sulfide) groups is 1. The van der Waals surface area contributed by atoms with Crippen LogP contribution in [-0.4, -0.2) is 28.0 Å². The fourth-order valence-electron chi connectivity index (χ4n) is 4.42. The minimum atomic E-state index is -0.380. The molecule has 0 radical (unpaired) electrons. The summed E-state index contributed by atoms with van der Waals surface area (Å²) in [6, 6.07) is 7.00. The lowest BCUT2D eigenvalue weighted by Crippen LogP contribution is -2.40. The molecule has 3 N–H and O–H groups in total. The first-order valence-electron chi connectivity index (χ1n) is 10.3. The summed E-state index contributed by atoms with van der Waals surface area (Å²) in [6.45, 7) is 2.35. The Morgan fingerprint density at radius 1 is 1.33 bits per heavy atom. The van der Waals surface area contributed by atoms with Crippen LogP contribution in [-0.2, 0) is 12.8 Å². The predicted molar refractivity (Wildman–Crippen MR) is 116 cm³/mol. The quantitative estimate of drug-likeness (QED) is 0.497. The third-order valence-corrected chi connectivity index (χ3v) is 8.45. The second-order valence-corrected chi connectivity index (χ2v) is 10.5. The molecule has 1 aromatic heterocycles. The van der Waals surface area contributed by atoms with Gasteiger partial charge in [0.15, 0.2) is 4.34 Å². The first-order valence-corrected chi connectivity index (χ1v) is 12.1. The van der Waals surface area contributed by atoms with Crippen LogP contribution in [0.3, 0.4) is 0 Å². The molecule has 4 rings (SSSR count). The van der Waals surface area contributed by atoms with Gasteiger partial charge >= 0.3 is 0 Å². The summed E-state index contributed by atoms with van der Waals surface area (Å²) in [6.07, 6.45) is 8.90. The average Bonchev–Trinajstić information content (AvgIpc) is 3.29. The van der Waals surface area contributed by atoms with Gasteiger partial charge in [-0.1, -0.05) is 49.7 Å². The molecule has 146 valence electrons. The minimum absolute atomic E-state index is 0.0946. The number of thiazole rings is 1. The predicted octanol–water partition coefficient (Wildman–Crippen LogP) is 5.15. The summed E-state index contributed by atoms with van der Waals surface area (Å²) in [5.74, 6) is 1.67. The van der Waals surface area contributed by atoms with Gasteiger partial charge in [-0.3, -0.25) is 0 Å². The molecule has 0 unspecified atom stereocenters. The van der Waals surface area contributed by atoms with Crippen molar-refractivity contribution >= 4 is 23.1 Å². The maximum absolute atomic E-state index is 9.55. The lowest BCUT2D eigenvalue weighted by molar-refractivity contribution is 0.198. The zero-order chi connectivity index (χ0) is 18.9. The summed E-state index contributed by atoms with van der Waals surface area (Å²) in [5, 5.41) is 9.55. The van der Waals surface area contributed by atoms with E-state index in [2.05, 4.69) is 25.1 Å². The monoisotopic (exact) mass is 402 g/mol. The van der Waals surface area contributed by atoms with Crippen LogP contribution in [0.25, 0.3) is 10.4 Å². The van der Waals surface area contributed by atoms with Crippen molar-refractivity contribution in [3.63, 3.8) is 0 Å². The van der Waals surface area contributed by atoms with Crippen LogP contribution in [0, 0.1) is 0 Å². The van der Waals surface area contributed by atoms with Gasteiger partial charge in [0.25, 0.3) is 0 Å². The largest absolute Gasteiger partial charge is 0.394 e. The highest BCUT2D eigenvalue weighted by atomic mass is 32.2. The van der Waals surface area contributed by atoms with Crippen molar-refractivity contribution in [2.45, 2.75) is 74.1 Å². The number of fused-ring (bicyclic) bond motifs is 3. The fraction of sp³-hybridized carbons (Fsp3) is 0.591. The first kappa shape index (κ1) is 19.4. The van der Waals surface area contributed by atoms with Crippen molar-refractivity contribution in [3.8, 4) is 10.4 Å². The number of hydrogen-bond acceptors (Lipinski definition) is 5. The number of benzene rings is 1. The highest BCUT2D eigenvalue weighted by Crippen LogP contribution is 2.44. The van der Waals surface area contributed by atoms with Gasteiger partial charge in [0, 0.05) is 11.3 Å². The molecule has 2 aromatic rings. The number of nitrogens with zero attached hydrogens (tertiary/aromatic N) is 1. The SMILES string of the molecule is CCCCCSc1nc2c(s1)-c1ccc([C@H]3CC[C@](N)(CO)C3)cc1CC2. The average molecular weight is 403 g/mol. The van der Waals surface area contributed by atoms with E-state index in [0.717, 1.165) is 32.1 Å². The summed E-state index contributed by atoms with van der Waals surface area (Å²) >= 11 is 3.80. The normalized spacial score (nSPS) is 24.0. The zero-order valence-corrected chi connectivity index (χ0v) is 17.8. The Hall–Kier alpha value is -0.880. The third kappa shape index (κ3) is 4.12. The maximum atomic E-state index is 9.55. The second-order valence-electron chi connectivity index (χ2n) is 8.19. The Morgan fingerprint density at radius 3 is 3.00 bits per heavy atom. The molecular formula is C22H30N2OS2. The Labute approximate surface area is 170 Å². The lowest BCUT2D eigenvalue weighted by Gasteiger charge is -2.22. The van der Waals surface area contributed by atoms with Gasteiger partial charge in [0.05, 0.1) is 17.2 Å². The lowest BCUT2D eigenvalue weighted by atomic mass is 9.87. The fourth-order valence-corrected chi connectivity index (χ4v) is 6.76. The molecular weight excluding hydrogens is 372 g/mol. The molecule has 0 saturated heterocycles. The van der Waals surface area contributed by atoms with Gasteiger partial charge < -0.3 is 10.8 Å². The molecule has 27 heavy (non-hydrogen) atoms. The van der Waals surface area contributed by atoms with Gasteiger partial charge in [-0.2, -0.15) is 0 Å². The number of aliphatic hydroxyl groups excluding tert-OH is 1. The van der Waals surface area contributed by atoms with Crippen LogP contribution in [0.2, 0.25) is 0 Å². The van der Waals surface area contributed by atoms with E-state index in [-0.39, 0.29) is 12.1 Å². The zero-order valence-electron chi connectivity index (χ0n) is 16.2. The molecule has 2 atom stereocenters. The van der Waals surface area contributed by atoms with Gasteiger partial charge in [-0.15, -0.1) is 11.3 Å². The minimum Gasteiger partial charge on any atom is -0.394 e. The van der Waals surface area contributed by atoms with E-state index < -0.39 is 0 Å². The molecule has 2 aliphatic carbocycles. The van der Waals surface area contributed by atoms with Crippen LogP contribution >= 0.6 is 23.1 Å². The molecule has 1 fully saturated rings. The van der Waals surface area contributed by atoms with E-state index >= 15 is 0 Å². The summed E-state index contributed by atoms with van der Waals surface area (Å²) in [4.78, 5) is 6.30. The molecule has 3 nitrogen and oxygen atoms in total. The Balaban J connectivity index is 1.51. The smallest absolute Gasteiger partial charge is 0.150 e. The number of aliphatic hydroxyl groups is 1. The molecule has 1 heterocycles. The Morgan fingerprint density at radius 2 is 2.22 bits per heavy atom. The molecule has 2 aliphatic rings.